The van der Waals surface area contributed by atoms with Gasteiger partial charge in [-0.1, -0.05) is 32.9 Å². The second-order valence-electron chi connectivity index (χ2n) is 8.39. The number of allylic oxidation sites excluding steroid dienone is 1. The van der Waals surface area contributed by atoms with Crippen molar-refractivity contribution in [2.45, 2.75) is 58.3 Å². The first kappa shape index (κ1) is 18.4. The van der Waals surface area contributed by atoms with Crippen LogP contribution in [0.5, 0.6) is 0 Å². The molecule has 1 aliphatic rings. The predicted molar refractivity (Wildman–Crippen MR) is 98.7 cm³/mol. The smallest absolute Gasteiger partial charge is 0.358 e. The summed E-state index contributed by atoms with van der Waals surface area (Å²) in [6.45, 7) is 10.5. The Morgan fingerprint density at radius 1 is 1.15 bits per heavy atom. The average Bonchev–Trinajstić information content (AvgIpc) is 3.00. The Balaban J connectivity index is 2.08. The van der Waals surface area contributed by atoms with Gasteiger partial charge in [-0.2, -0.15) is 0 Å². The van der Waals surface area contributed by atoms with Crippen molar-refractivity contribution >= 4 is 17.6 Å². The summed E-state index contributed by atoms with van der Waals surface area (Å²) in [5, 5.41) is 12.4. The number of hydrogen-bond donors (Lipinski definition) is 1. The number of carbonyl (C=O) groups is 1. The Hall–Kier alpha value is -2.43. The lowest BCUT2D eigenvalue weighted by molar-refractivity contribution is 0.0685. The molecule has 0 fully saturated rings. The summed E-state index contributed by atoms with van der Waals surface area (Å²) in [5.41, 5.74) is 3.16. The first-order chi connectivity index (χ1) is 12.0. The molecule has 5 heteroatoms. The van der Waals surface area contributed by atoms with Gasteiger partial charge in [0.1, 0.15) is 5.82 Å². The number of halogens is 1. The minimum atomic E-state index is -1.16. The fourth-order valence-electron chi connectivity index (χ4n) is 3.64. The van der Waals surface area contributed by atoms with E-state index in [4.69, 9.17) is 9.63 Å². The average molecular weight is 357 g/mol. The predicted octanol–water partition coefficient (Wildman–Crippen LogP) is 5.42. The van der Waals surface area contributed by atoms with Crippen molar-refractivity contribution in [2.24, 2.45) is 0 Å². The van der Waals surface area contributed by atoms with E-state index in [1.807, 2.05) is 6.07 Å². The molecule has 3 rings (SSSR count). The quantitative estimate of drug-likeness (QED) is 0.796. The fraction of sp³-hybridized carbons (Fsp3) is 0.429. The summed E-state index contributed by atoms with van der Waals surface area (Å²) in [5.74, 6) is -1.15. The lowest BCUT2D eigenvalue weighted by atomic mass is 9.63. The van der Waals surface area contributed by atoms with Crippen molar-refractivity contribution in [1.29, 1.82) is 0 Å². The number of benzene rings is 1. The topological polar surface area (TPSA) is 63.3 Å². The molecule has 1 aromatic carbocycles. The van der Waals surface area contributed by atoms with E-state index in [9.17, 15) is 9.18 Å². The summed E-state index contributed by atoms with van der Waals surface area (Å²) in [4.78, 5) is 10.9. The molecule has 26 heavy (non-hydrogen) atoms. The van der Waals surface area contributed by atoms with Crippen LogP contribution in [0.1, 0.15) is 80.4 Å². The summed E-state index contributed by atoms with van der Waals surface area (Å²) in [6, 6.07) is 4.92. The third-order valence-electron chi connectivity index (χ3n) is 5.47. The Labute approximate surface area is 152 Å². The lowest BCUT2D eigenvalue weighted by Crippen LogP contribution is -2.34. The minimum Gasteiger partial charge on any atom is -0.476 e. The maximum absolute atomic E-state index is 14.9. The van der Waals surface area contributed by atoms with Crippen LogP contribution in [0.3, 0.4) is 0 Å². The fourth-order valence-corrected chi connectivity index (χ4v) is 3.64. The maximum Gasteiger partial charge on any atom is 0.358 e. The Bertz CT molecular complexity index is 906. The van der Waals surface area contributed by atoms with E-state index in [1.165, 1.54) is 11.6 Å². The van der Waals surface area contributed by atoms with E-state index in [0.29, 0.717) is 11.1 Å². The van der Waals surface area contributed by atoms with E-state index in [0.717, 1.165) is 18.4 Å². The van der Waals surface area contributed by atoms with E-state index >= 15 is 0 Å². The monoisotopic (exact) mass is 357 g/mol. The van der Waals surface area contributed by atoms with Crippen molar-refractivity contribution < 1.29 is 18.8 Å². The van der Waals surface area contributed by atoms with Crippen LogP contribution in [0.25, 0.3) is 11.6 Å². The molecule has 0 spiro atoms. The molecule has 0 radical (unpaired) electrons. The number of carboxylic acids is 1. The van der Waals surface area contributed by atoms with Gasteiger partial charge in [0.2, 0.25) is 0 Å². The molecule has 0 unspecified atom stereocenters. The van der Waals surface area contributed by atoms with Crippen LogP contribution in [0, 0.1) is 5.82 Å². The van der Waals surface area contributed by atoms with Gasteiger partial charge in [0.05, 0.1) is 0 Å². The molecule has 0 saturated heterocycles. The Morgan fingerprint density at radius 2 is 1.73 bits per heavy atom. The van der Waals surface area contributed by atoms with E-state index in [-0.39, 0.29) is 28.1 Å². The maximum atomic E-state index is 14.9. The molecule has 0 aliphatic heterocycles. The number of nitrogens with zero attached hydrogens (tertiary/aromatic N) is 1. The van der Waals surface area contributed by atoms with Crippen LogP contribution in [0.2, 0.25) is 0 Å². The van der Waals surface area contributed by atoms with Crippen LogP contribution in [0.15, 0.2) is 22.7 Å². The van der Waals surface area contributed by atoms with Gasteiger partial charge in [0.25, 0.3) is 0 Å². The molecule has 0 saturated carbocycles. The zero-order valence-corrected chi connectivity index (χ0v) is 15.8. The van der Waals surface area contributed by atoms with Crippen LogP contribution in [0.4, 0.5) is 4.39 Å². The molecule has 4 nitrogen and oxygen atoms in total. The van der Waals surface area contributed by atoms with Crippen LogP contribution in [-0.4, -0.2) is 16.2 Å². The van der Waals surface area contributed by atoms with Gasteiger partial charge in [0.15, 0.2) is 11.5 Å². The largest absolute Gasteiger partial charge is 0.476 e. The van der Waals surface area contributed by atoms with Crippen molar-refractivity contribution in [2.75, 3.05) is 0 Å². The van der Waals surface area contributed by atoms with Gasteiger partial charge < -0.3 is 9.63 Å². The second kappa shape index (κ2) is 6.08. The molecule has 2 aromatic rings. The number of aromatic nitrogens is 1. The highest BCUT2D eigenvalue weighted by atomic mass is 19.1. The van der Waals surface area contributed by atoms with Gasteiger partial charge in [0, 0.05) is 11.6 Å². The van der Waals surface area contributed by atoms with Gasteiger partial charge in [-0.15, -0.1) is 0 Å². The number of aromatic carboxylic acids is 1. The second-order valence-corrected chi connectivity index (χ2v) is 8.39. The van der Waals surface area contributed by atoms with Crippen molar-refractivity contribution in [3.63, 3.8) is 0 Å². The van der Waals surface area contributed by atoms with Crippen molar-refractivity contribution in [3.8, 4) is 0 Å². The molecule has 1 N–H and O–H groups in total. The zero-order chi connectivity index (χ0) is 19.3. The van der Waals surface area contributed by atoms with Crippen molar-refractivity contribution in [3.05, 3.63) is 52.2 Å². The normalized spacial score (nSPS) is 18.5. The molecule has 0 atom stereocenters. The van der Waals surface area contributed by atoms with E-state index < -0.39 is 5.97 Å². The van der Waals surface area contributed by atoms with E-state index in [2.05, 4.69) is 32.9 Å². The molecule has 0 bridgehead atoms. The number of fused-ring (bicyclic) bond motifs is 1. The number of hydrogen-bond acceptors (Lipinski definition) is 3. The van der Waals surface area contributed by atoms with Gasteiger partial charge in [-0.25, -0.2) is 9.18 Å². The zero-order valence-electron chi connectivity index (χ0n) is 15.8. The summed E-state index contributed by atoms with van der Waals surface area (Å²) in [7, 11) is 0. The standard InChI is InChI=1S/C21H24FNO3/c1-12(8-13-9-18(19(24)25)23-26-13)14-10-15-16(11-17(14)22)21(4,5)7-6-20(15,2)3/h8-11H,6-7H2,1-5H3,(H,24,25). The SMILES string of the molecule is CC(=Cc1cc(C(=O)O)no1)c1cc2c(cc1F)C(C)(C)CCC2(C)C. The van der Waals surface area contributed by atoms with Crippen LogP contribution >= 0.6 is 0 Å². The van der Waals surface area contributed by atoms with E-state index in [1.54, 1.807) is 19.1 Å². The summed E-state index contributed by atoms with van der Waals surface area (Å²) in [6.07, 6.45) is 3.69. The minimum absolute atomic E-state index is 0.0176. The third-order valence-corrected chi connectivity index (χ3v) is 5.47. The lowest BCUT2D eigenvalue weighted by Gasteiger charge is -2.42. The van der Waals surface area contributed by atoms with Crippen LogP contribution in [-0.2, 0) is 10.8 Å². The number of rotatable bonds is 3. The van der Waals surface area contributed by atoms with Gasteiger partial charge >= 0.3 is 5.97 Å². The first-order valence-electron chi connectivity index (χ1n) is 8.74. The van der Waals surface area contributed by atoms with Crippen LogP contribution < -0.4 is 0 Å². The molecule has 1 aliphatic carbocycles. The third kappa shape index (κ3) is 3.18. The molecule has 0 amide bonds. The molecular formula is C21H24FNO3. The summed E-state index contributed by atoms with van der Waals surface area (Å²) >= 11 is 0. The summed E-state index contributed by atoms with van der Waals surface area (Å²) < 4.78 is 19.9. The highest BCUT2D eigenvalue weighted by Gasteiger charge is 2.37. The molecular weight excluding hydrogens is 333 g/mol. The Kier molecular flexibility index (Phi) is 4.29. The number of carboxylic acid groups (broad SMARTS) is 1. The van der Waals surface area contributed by atoms with Gasteiger partial charge in [-0.05, 0) is 65.5 Å². The molecule has 1 heterocycles. The first-order valence-corrected chi connectivity index (χ1v) is 8.74. The highest BCUT2D eigenvalue weighted by molar-refractivity contribution is 5.87. The molecule has 1 aromatic heterocycles. The van der Waals surface area contributed by atoms with Crippen molar-refractivity contribution in [1.82, 2.24) is 5.16 Å². The Morgan fingerprint density at radius 3 is 2.27 bits per heavy atom. The van der Waals surface area contributed by atoms with Gasteiger partial charge in [-0.3, -0.25) is 0 Å². The highest BCUT2D eigenvalue weighted by Crippen LogP contribution is 2.47. The molecule has 138 valence electrons.